The fourth-order valence-electron chi connectivity index (χ4n) is 4.03. The number of aryl methyl sites for hydroxylation is 1. The zero-order valence-electron chi connectivity index (χ0n) is 13.6. The first-order chi connectivity index (χ1) is 11.6. The largest absolute Gasteiger partial charge is 0.368 e. The average Bonchev–Trinajstić information content (AvgIpc) is 3.23. The van der Waals surface area contributed by atoms with Crippen LogP contribution < -0.4 is 5.73 Å². The third-order valence-electron chi connectivity index (χ3n) is 5.27. The van der Waals surface area contributed by atoms with Crippen molar-refractivity contribution in [3.05, 3.63) is 59.7 Å². The van der Waals surface area contributed by atoms with E-state index in [1.165, 1.54) is 0 Å². The minimum atomic E-state index is -0.452. The predicted molar refractivity (Wildman–Crippen MR) is 92.2 cm³/mol. The van der Waals surface area contributed by atoms with Crippen molar-refractivity contribution in [2.75, 3.05) is 6.54 Å². The van der Waals surface area contributed by atoms with E-state index in [0.29, 0.717) is 18.0 Å². The number of carbonyl (C=O) groups is 2. The maximum atomic E-state index is 13.2. The van der Waals surface area contributed by atoms with Crippen molar-refractivity contribution in [2.45, 2.75) is 19.4 Å². The minimum absolute atomic E-state index is 0.0893. The van der Waals surface area contributed by atoms with Crippen molar-refractivity contribution in [3.8, 4) is 11.1 Å². The van der Waals surface area contributed by atoms with Crippen LogP contribution >= 0.6 is 0 Å². The topological polar surface area (TPSA) is 63.4 Å². The lowest BCUT2D eigenvalue weighted by atomic mass is 9.94. The van der Waals surface area contributed by atoms with Crippen molar-refractivity contribution in [1.29, 1.82) is 0 Å². The Balaban J connectivity index is 1.76. The van der Waals surface area contributed by atoms with Crippen LogP contribution in [0.1, 0.15) is 22.3 Å². The quantitative estimate of drug-likeness (QED) is 0.945. The van der Waals surface area contributed by atoms with Crippen LogP contribution in [0.3, 0.4) is 0 Å². The number of nitrogens with zero attached hydrogens (tertiary/aromatic N) is 1. The molecular weight excluding hydrogens is 300 g/mol. The van der Waals surface area contributed by atoms with E-state index < -0.39 is 6.04 Å². The zero-order chi connectivity index (χ0) is 16.8. The molecule has 2 aromatic rings. The third kappa shape index (κ3) is 2.30. The number of amides is 2. The number of benzene rings is 2. The van der Waals surface area contributed by atoms with E-state index in [2.05, 4.69) is 0 Å². The lowest BCUT2D eigenvalue weighted by Crippen LogP contribution is -2.46. The van der Waals surface area contributed by atoms with Gasteiger partial charge in [0.25, 0.3) is 5.91 Å². The third-order valence-corrected chi connectivity index (χ3v) is 5.27. The second kappa shape index (κ2) is 5.48. The van der Waals surface area contributed by atoms with Gasteiger partial charge in [-0.25, -0.2) is 0 Å². The van der Waals surface area contributed by atoms with Crippen LogP contribution in [0.2, 0.25) is 0 Å². The van der Waals surface area contributed by atoms with Crippen LogP contribution in [0.5, 0.6) is 0 Å². The van der Waals surface area contributed by atoms with E-state index in [1.54, 1.807) is 4.90 Å². The van der Waals surface area contributed by atoms with E-state index in [1.807, 2.05) is 55.5 Å². The lowest BCUT2D eigenvalue weighted by Gasteiger charge is -2.26. The fraction of sp³-hybridized carbons (Fsp3) is 0.300. The smallest absolute Gasteiger partial charge is 0.255 e. The van der Waals surface area contributed by atoms with E-state index in [0.717, 1.165) is 23.1 Å². The number of piperidine rings is 1. The number of nitrogens with two attached hydrogens (primary N) is 1. The summed E-state index contributed by atoms with van der Waals surface area (Å²) in [7, 11) is 0. The predicted octanol–water partition coefficient (Wildman–Crippen LogP) is 2.61. The van der Waals surface area contributed by atoms with Gasteiger partial charge in [-0.2, -0.15) is 0 Å². The second-order valence-electron chi connectivity index (χ2n) is 6.83. The van der Waals surface area contributed by atoms with Gasteiger partial charge in [0.1, 0.15) is 6.04 Å². The van der Waals surface area contributed by atoms with Gasteiger partial charge in [-0.1, -0.05) is 42.5 Å². The number of rotatable bonds is 3. The number of hydrogen-bond acceptors (Lipinski definition) is 2. The highest BCUT2D eigenvalue weighted by atomic mass is 16.2. The zero-order valence-corrected chi connectivity index (χ0v) is 13.6. The Morgan fingerprint density at radius 2 is 1.83 bits per heavy atom. The second-order valence-corrected chi connectivity index (χ2v) is 6.83. The Kier molecular flexibility index (Phi) is 3.41. The summed E-state index contributed by atoms with van der Waals surface area (Å²) in [4.78, 5) is 26.7. The molecule has 1 aliphatic heterocycles. The summed E-state index contributed by atoms with van der Waals surface area (Å²) in [6.07, 6.45) is 1.01. The Hall–Kier alpha value is -2.62. The molecule has 1 heterocycles. The Morgan fingerprint density at radius 1 is 1.08 bits per heavy atom. The number of likely N-dealkylation sites (tertiary alicyclic amines) is 1. The molecule has 2 fully saturated rings. The van der Waals surface area contributed by atoms with Crippen LogP contribution in [-0.2, 0) is 4.79 Å². The molecule has 1 saturated carbocycles. The van der Waals surface area contributed by atoms with Gasteiger partial charge in [0.05, 0.1) is 0 Å². The van der Waals surface area contributed by atoms with Crippen molar-refractivity contribution in [3.63, 3.8) is 0 Å². The SMILES string of the molecule is Cc1cccc(C(=O)N2C[C@H]3C[C@H]3[C@H]2C(N)=O)c1-c1ccccc1. The Morgan fingerprint density at radius 3 is 2.54 bits per heavy atom. The molecule has 3 atom stereocenters. The molecule has 2 aliphatic rings. The molecule has 24 heavy (non-hydrogen) atoms. The highest BCUT2D eigenvalue weighted by molar-refractivity contribution is 6.04. The summed E-state index contributed by atoms with van der Waals surface area (Å²) in [5, 5.41) is 0. The molecule has 4 nitrogen and oxygen atoms in total. The van der Waals surface area contributed by atoms with Gasteiger partial charge in [0.2, 0.25) is 5.91 Å². The molecule has 1 saturated heterocycles. The summed E-state index contributed by atoms with van der Waals surface area (Å²) in [5.74, 6) is 0.226. The average molecular weight is 320 g/mol. The lowest BCUT2D eigenvalue weighted by molar-refractivity contribution is -0.122. The highest BCUT2D eigenvalue weighted by Gasteiger charge is 2.56. The van der Waals surface area contributed by atoms with Crippen LogP contribution in [0, 0.1) is 18.8 Å². The molecule has 0 unspecified atom stereocenters. The molecule has 0 bridgehead atoms. The molecule has 0 radical (unpaired) electrons. The molecular formula is C20H20N2O2. The van der Waals surface area contributed by atoms with Crippen molar-refractivity contribution in [1.82, 2.24) is 4.90 Å². The van der Waals surface area contributed by atoms with Crippen molar-refractivity contribution < 1.29 is 9.59 Å². The molecule has 2 N–H and O–H groups in total. The van der Waals surface area contributed by atoms with E-state index >= 15 is 0 Å². The van der Waals surface area contributed by atoms with Gasteiger partial charge in [-0.3, -0.25) is 9.59 Å². The normalized spacial score (nSPS) is 24.5. The van der Waals surface area contributed by atoms with Gasteiger partial charge in [-0.05, 0) is 47.9 Å². The molecule has 0 spiro atoms. The fourth-order valence-corrected chi connectivity index (χ4v) is 4.03. The summed E-state index contributed by atoms with van der Waals surface area (Å²) >= 11 is 0. The monoisotopic (exact) mass is 320 g/mol. The summed E-state index contributed by atoms with van der Waals surface area (Å²) < 4.78 is 0. The van der Waals surface area contributed by atoms with E-state index in [9.17, 15) is 9.59 Å². The number of hydrogen-bond donors (Lipinski definition) is 1. The maximum Gasteiger partial charge on any atom is 0.255 e. The molecule has 122 valence electrons. The standard InChI is InChI=1S/C20H20N2O2/c1-12-6-5-9-15(17(12)13-7-3-2-4-8-13)20(24)22-11-14-10-16(14)18(22)19(21)23/h2-9,14,16,18H,10-11H2,1H3,(H2,21,23)/t14-,16-,18+/m1/s1. The minimum Gasteiger partial charge on any atom is -0.368 e. The Bertz CT molecular complexity index is 816. The number of primary amides is 1. The van der Waals surface area contributed by atoms with Gasteiger partial charge < -0.3 is 10.6 Å². The van der Waals surface area contributed by atoms with Crippen LogP contribution in [0.25, 0.3) is 11.1 Å². The van der Waals surface area contributed by atoms with Gasteiger partial charge in [0, 0.05) is 12.1 Å². The molecule has 1 aliphatic carbocycles. The molecule has 2 aromatic carbocycles. The molecule has 2 amide bonds. The van der Waals surface area contributed by atoms with Gasteiger partial charge in [-0.15, -0.1) is 0 Å². The van der Waals surface area contributed by atoms with Crippen molar-refractivity contribution in [2.24, 2.45) is 17.6 Å². The summed E-state index contributed by atoms with van der Waals surface area (Å²) in [6, 6.07) is 15.2. The van der Waals surface area contributed by atoms with E-state index in [4.69, 9.17) is 5.73 Å². The number of carbonyl (C=O) groups excluding carboxylic acids is 2. The first-order valence-electron chi connectivity index (χ1n) is 8.33. The maximum absolute atomic E-state index is 13.2. The van der Waals surface area contributed by atoms with Crippen LogP contribution in [0.4, 0.5) is 0 Å². The van der Waals surface area contributed by atoms with Gasteiger partial charge in [0.15, 0.2) is 0 Å². The summed E-state index contributed by atoms with van der Waals surface area (Å²) in [5.41, 5.74) is 9.21. The first kappa shape index (κ1) is 14.9. The molecule has 0 aromatic heterocycles. The highest BCUT2D eigenvalue weighted by Crippen LogP contribution is 2.50. The Labute approximate surface area is 141 Å². The molecule has 4 rings (SSSR count). The van der Waals surface area contributed by atoms with Gasteiger partial charge >= 0.3 is 0 Å². The van der Waals surface area contributed by atoms with Crippen LogP contribution in [0.15, 0.2) is 48.5 Å². The number of fused-ring (bicyclic) bond motifs is 1. The van der Waals surface area contributed by atoms with Crippen LogP contribution in [-0.4, -0.2) is 29.3 Å². The summed E-state index contributed by atoms with van der Waals surface area (Å²) in [6.45, 7) is 2.64. The first-order valence-corrected chi connectivity index (χ1v) is 8.33. The van der Waals surface area contributed by atoms with Crippen molar-refractivity contribution >= 4 is 11.8 Å². The van der Waals surface area contributed by atoms with E-state index in [-0.39, 0.29) is 17.7 Å². The molecule has 4 heteroatoms.